The Morgan fingerprint density at radius 2 is 1.48 bits per heavy atom. The summed E-state index contributed by atoms with van der Waals surface area (Å²) in [6.45, 7) is 0.509. The molecule has 0 aliphatic rings. The van der Waals surface area contributed by atoms with Crippen molar-refractivity contribution in [2.75, 3.05) is 27.7 Å². The molecule has 5 heteroatoms. The second-order valence-electron chi connectivity index (χ2n) is 7.90. The van der Waals surface area contributed by atoms with E-state index in [9.17, 15) is 14.7 Å². The van der Waals surface area contributed by atoms with Crippen molar-refractivity contribution < 1.29 is 19.2 Å². The number of carboxylic acids is 1. The second kappa shape index (κ2) is 9.33. The lowest BCUT2D eigenvalue weighted by Gasteiger charge is -2.30. The van der Waals surface area contributed by atoms with Crippen LogP contribution in [-0.4, -0.2) is 50.1 Å². The van der Waals surface area contributed by atoms with E-state index in [0.29, 0.717) is 16.6 Å². The van der Waals surface area contributed by atoms with Gasteiger partial charge in [-0.2, -0.15) is 0 Å². The minimum atomic E-state index is -1.16. The summed E-state index contributed by atoms with van der Waals surface area (Å²) in [6, 6.07) is 17.3. The van der Waals surface area contributed by atoms with E-state index in [1.807, 2.05) is 51.5 Å². The maximum Gasteiger partial charge on any atom is 0.251 e. The predicted octanol–water partition coefficient (Wildman–Crippen LogP) is 1.42. The lowest BCUT2D eigenvalue weighted by atomic mass is 10.0. The van der Waals surface area contributed by atoms with Crippen molar-refractivity contribution in [3.05, 3.63) is 71.3 Å². The van der Waals surface area contributed by atoms with Gasteiger partial charge in [0.05, 0.1) is 33.7 Å². The van der Waals surface area contributed by atoms with Crippen LogP contribution >= 0.6 is 0 Å². The first-order chi connectivity index (χ1) is 12.7. The summed E-state index contributed by atoms with van der Waals surface area (Å²) in [5, 5.41) is 13.8. The van der Waals surface area contributed by atoms with E-state index < -0.39 is 12.0 Å². The number of nitrogens with one attached hydrogen (secondary N) is 1. The van der Waals surface area contributed by atoms with Gasteiger partial charge >= 0.3 is 0 Å². The molecular formula is C22H28N2O3. The fourth-order valence-corrected chi connectivity index (χ4v) is 3.05. The van der Waals surface area contributed by atoms with Gasteiger partial charge in [0.1, 0.15) is 0 Å². The fourth-order valence-electron chi connectivity index (χ4n) is 3.05. The fraction of sp³-hybridized carbons (Fsp3) is 0.364. The van der Waals surface area contributed by atoms with Crippen molar-refractivity contribution in [1.29, 1.82) is 0 Å². The van der Waals surface area contributed by atoms with E-state index in [1.54, 1.807) is 12.1 Å². The summed E-state index contributed by atoms with van der Waals surface area (Å²) >= 11 is 0. The van der Waals surface area contributed by atoms with Gasteiger partial charge in [-0.1, -0.05) is 42.5 Å². The first kappa shape index (κ1) is 20.6. The highest BCUT2D eigenvalue weighted by molar-refractivity contribution is 5.94. The highest BCUT2D eigenvalue weighted by atomic mass is 16.4. The number of hydrogen-bond acceptors (Lipinski definition) is 3. The lowest BCUT2D eigenvalue weighted by molar-refractivity contribution is -0.871. The average molecular weight is 368 g/mol. The molecule has 0 aromatic heterocycles. The number of carbonyl (C=O) groups is 2. The molecule has 0 aliphatic carbocycles. The molecule has 27 heavy (non-hydrogen) atoms. The Morgan fingerprint density at radius 1 is 0.926 bits per heavy atom. The van der Waals surface area contributed by atoms with Gasteiger partial charge in [0.25, 0.3) is 5.91 Å². The Morgan fingerprint density at radius 3 is 2.00 bits per heavy atom. The monoisotopic (exact) mass is 368 g/mol. The van der Waals surface area contributed by atoms with E-state index in [4.69, 9.17) is 0 Å². The SMILES string of the molecule is C[N+](C)(C)C[C@@H](CC(=O)[O-])NC(=O)c1ccc(CCc2ccccc2)cc1. The van der Waals surface area contributed by atoms with Crippen LogP contribution in [0.2, 0.25) is 0 Å². The number of hydrogen-bond donors (Lipinski definition) is 1. The summed E-state index contributed by atoms with van der Waals surface area (Å²) in [6.07, 6.45) is 1.65. The molecule has 0 radical (unpaired) electrons. The van der Waals surface area contributed by atoms with Gasteiger partial charge in [0.2, 0.25) is 0 Å². The molecule has 1 atom stereocenters. The minimum Gasteiger partial charge on any atom is -0.550 e. The van der Waals surface area contributed by atoms with E-state index in [-0.39, 0.29) is 12.3 Å². The van der Waals surface area contributed by atoms with Crippen molar-refractivity contribution in [3.8, 4) is 0 Å². The Balaban J connectivity index is 1.95. The van der Waals surface area contributed by atoms with Crippen LogP contribution in [-0.2, 0) is 17.6 Å². The summed E-state index contributed by atoms with van der Waals surface area (Å²) in [7, 11) is 5.86. The standard InChI is InChI=1S/C22H28N2O3/c1-24(2,3)16-20(15-21(25)26)23-22(27)19-13-11-18(12-14-19)10-9-17-7-5-4-6-8-17/h4-8,11-14,20H,9-10,15-16H2,1-3H3,(H-,23,25,26,27)/t20-/m1/s1. The third-order valence-corrected chi connectivity index (χ3v) is 4.28. The number of amides is 1. The highest BCUT2D eigenvalue weighted by Gasteiger charge is 2.21. The second-order valence-corrected chi connectivity index (χ2v) is 7.90. The Hall–Kier alpha value is -2.66. The van der Waals surface area contributed by atoms with Crippen LogP contribution in [0.3, 0.4) is 0 Å². The van der Waals surface area contributed by atoms with Crippen LogP contribution in [0.15, 0.2) is 54.6 Å². The van der Waals surface area contributed by atoms with E-state index in [2.05, 4.69) is 17.4 Å². The third-order valence-electron chi connectivity index (χ3n) is 4.28. The first-order valence-corrected chi connectivity index (χ1v) is 9.17. The number of carboxylic acid groups (broad SMARTS) is 1. The van der Waals surface area contributed by atoms with E-state index >= 15 is 0 Å². The molecule has 2 aromatic carbocycles. The molecule has 0 heterocycles. The molecule has 1 N–H and O–H groups in total. The number of likely N-dealkylation sites (N-methyl/N-ethyl adjacent to an activating group) is 1. The molecule has 0 saturated heterocycles. The van der Waals surface area contributed by atoms with Gasteiger partial charge in [-0.15, -0.1) is 0 Å². The van der Waals surface area contributed by atoms with Crippen LogP contribution < -0.4 is 10.4 Å². The molecule has 0 saturated carbocycles. The summed E-state index contributed by atoms with van der Waals surface area (Å²) < 4.78 is 0.552. The lowest BCUT2D eigenvalue weighted by Crippen LogP contribution is -2.50. The van der Waals surface area contributed by atoms with Crippen molar-refractivity contribution in [1.82, 2.24) is 5.32 Å². The molecule has 0 bridgehead atoms. The van der Waals surface area contributed by atoms with E-state index in [1.165, 1.54) is 5.56 Å². The van der Waals surface area contributed by atoms with E-state index in [0.717, 1.165) is 18.4 Å². The molecule has 0 aliphatic heterocycles. The molecular weight excluding hydrogens is 340 g/mol. The van der Waals surface area contributed by atoms with Crippen LogP contribution in [0, 0.1) is 0 Å². The number of aliphatic carboxylic acids is 1. The quantitative estimate of drug-likeness (QED) is 0.681. The molecule has 2 rings (SSSR count). The van der Waals surface area contributed by atoms with Crippen LogP contribution in [0.4, 0.5) is 0 Å². The maximum atomic E-state index is 12.5. The van der Waals surface area contributed by atoms with Gasteiger partial charge in [-0.3, -0.25) is 4.79 Å². The van der Waals surface area contributed by atoms with Crippen molar-refractivity contribution in [3.63, 3.8) is 0 Å². The highest BCUT2D eigenvalue weighted by Crippen LogP contribution is 2.10. The number of benzene rings is 2. The van der Waals surface area contributed by atoms with Crippen LogP contribution in [0.25, 0.3) is 0 Å². The van der Waals surface area contributed by atoms with Crippen LogP contribution in [0.5, 0.6) is 0 Å². The third kappa shape index (κ3) is 7.62. The van der Waals surface area contributed by atoms with Gasteiger partial charge in [0, 0.05) is 18.0 Å². The van der Waals surface area contributed by atoms with Gasteiger partial charge in [-0.25, -0.2) is 0 Å². The smallest absolute Gasteiger partial charge is 0.251 e. The number of carbonyl (C=O) groups excluding carboxylic acids is 2. The number of rotatable bonds is 9. The Kier molecular flexibility index (Phi) is 7.13. The molecule has 0 spiro atoms. The average Bonchev–Trinajstić information content (AvgIpc) is 2.59. The molecule has 5 nitrogen and oxygen atoms in total. The summed E-state index contributed by atoms with van der Waals surface area (Å²) in [5.74, 6) is -1.42. The van der Waals surface area contributed by atoms with Crippen LogP contribution in [0.1, 0.15) is 27.9 Å². The molecule has 0 unspecified atom stereocenters. The normalized spacial score (nSPS) is 12.4. The topological polar surface area (TPSA) is 69.2 Å². The molecule has 1 amide bonds. The van der Waals surface area contributed by atoms with Gasteiger partial charge < -0.3 is 19.7 Å². The zero-order valence-electron chi connectivity index (χ0n) is 16.3. The Bertz CT molecular complexity index is 749. The minimum absolute atomic E-state index is 0.198. The number of aryl methyl sites for hydroxylation is 2. The zero-order chi connectivity index (χ0) is 19.9. The van der Waals surface area contributed by atoms with Crippen molar-refractivity contribution in [2.24, 2.45) is 0 Å². The summed E-state index contributed by atoms with van der Waals surface area (Å²) in [5.41, 5.74) is 2.97. The Labute approximate surface area is 161 Å². The van der Waals surface area contributed by atoms with Crippen molar-refractivity contribution in [2.45, 2.75) is 25.3 Å². The molecule has 144 valence electrons. The van der Waals surface area contributed by atoms with Crippen molar-refractivity contribution >= 4 is 11.9 Å². The van der Waals surface area contributed by atoms with Gasteiger partial charge in [0.15, 0.2) is 0 Å². The van der Waals surface area contributed by atoms with Gasteiger partial charge in [-0.05, 0) is 36.1 Å². The maximum absolute atomic E-state index is 12.5. The molecule has 0 fully saturated rings. The summed E-state index contributed by atoms with van der Waals surface area (Å²) in [4.78, 5) is 23.5. The number of nitrogens with zero attached hydrogens (tertiary/aromatic N) is 1. The first-order valence-electron chi connectivity index (χ1n) is 9.17. The predicted molar refractivity (Wildman–Crippen MR) is 104 cm³/mol. The molecule has 2 aromatic rings. The number of quaternary nitrogens is 1. The zero-order valence-corrected chi connectivity index (χ0v) is 16.3. The largest absolute Gasteiger partial charge is 0.550 e.